The van der Waals surface area contributed by atoms with Crippen molar-refractivity contribution in [3.63, 3.8) is 0 Å². The van der Waals surface area contributed by atoms with E-state index in [1.807, 2.05) is 19.1 Å². The fourth-order valence-electron chi connectivity index (χ4n) is 1.60. The van der Waals surface area contributed by atoms with Crippen LogP contribution in [0.3, 0.4) is 0 Å². The first kappa shape index (κ1) is 11.0. The molecule has 0 radical (unpaired) electrons. The number of aromatic nitrogens is 2. The molecule has 0 spiro atoms. The molecule has 0 fully saturated rings. The second kappa shape index (κ2) is 4.58. The van der Waals surface area contributed by atoms with Gasteiger partial charge >= 0.3 is 0 Å². The van der Waals surface area contributed by atoms with E-state index in [1.165, 1.54) is 5.56 Å². The van der Waals surface area contributed by atoms with Gasteiger partial charge in [-0.25, -0.2) is 4.98 Å². The van der Waals surface area contributed by atoms with E-state index in [4.69, 9.17) is 16.3 Å². The van der Waals surface area contributed by atoms with Gasteiger partial charge in [0.1, 0.15) is 11.6 Å². The van der Waals surface area contributed by atoms with Crippen molar-refractivity contribution in [1.82, 2.24) is 9.97 Å². The zero-order valence-electron chi connectivity index (χ0n) is 9.25. The molecule has 1 aromatic carbocycles. The number of aryl methyl sites for hydroxylation is 1. The van der Waals surface area contributed by atoms with Gasteiger partial charge in [-0.1, -0.05) is 11.6 Å². The minimum Gasteiger partial charge on any atom is -0.496 e. The lowest BCUT2D eigenvalue weighted by molar-refractivity contribution is 0.416. The fourth-order valence-corrected chi connectivity index (χ4v) is 1.74. The standard InChI is InChI=1S/C12H13ClN2O/c1-8-3-4-11(16-2)9(5-8)10-7-14-12(6-13)15-10/h3-5,7H,6H2,1-2H3,(H,14,15). The summed E-state index contributed by atoms with van der Waals surface area (Å²) in [4.78, 5) is 7.33. The molecule has 1 aromatic heterocycles. The van der Waals surface area contributed by atoms with Crippen molar-refractivity contribution in [3.05, 3.63) is 35.8 Å². The van der Waals surface area contributed by atoms with E-state index in [2.05, 4.69) is 16.0 Å². The first-order valence-electron chi connectivity index (χ1n) is 4.99. The summed E-state index contributed by atoms with van der Waals surface area (Å²) in [6.07, 6.45) is 1.77. The molecule has 0 amide bonds. The van der Waals surface area contributed by atoms with Gasteiger partial charge in [0.2, 0.25) is 0 Å². The third-order valence-electron chi connectivity index (χ3n) is 2.40. The van der Waals surface area contributed by atoms with Crippen LogP contribution in [0.25, 0.3) is 11.3 Å². The Morgan fingerprint density at radius 1 is 1.44 bits per heavy atom. The summed E-state index contributed by atoms with van der Waals surface area (Å²) in [5, 5.41) is 0. The Bertz CT molecular complexity index is 494. The Morgan fingerprint density at radius 2 is 2.25 bits per heavy atom. The molecule has 84 valence electrons. The highest BCUT2D eigenvalue weighted by atomic mass is 35.5. The van der Waals surface area contributed by atoms with Crippen molar-refractivity contribution in [3.8, 4) is 17.0 Å². The van der Waals surface area contributed by atoms with Crippen LogP contribution in [0.15, 0.2) is 24.4 Å². The predicted octanol–water partition coefficient (Wildman–Crippen LogP) is 3.13. The molecular weight excluding hydrogens is 224 g/mol. The molecule has 1 heterocycles. The number of benzene rings is 1. The Morgan fingerprint density at radius 3 is 2.88 bits per heavy atom. The minimum atomic E-state index is 0.383. The number of alkyl halides is 1. The van der Waals surface area contributed by atoms with Gasteiger partial charge in [-0.2, -0.15) is 0 Å². The largest absolute Gasteiger partial charge is 0.496 e. The van der Waals surface area contributed by atoms with E-state index in [0.717, 1.165) is 22.8 Å². The highest BCUT2D eigenvalue weighted by molar-refractivity contribution is 6.16. The van der Waals surface area contributed by atoms with Crippen LogP contribution in [0, 0.1) is 6.92 Å². The van der Waals surface area contributed by atoms with Crippen LogP contribution in [0.4, 0.5) is 0 Å². The van der Waals surface area contributed by atoms with Gasteiger partial charge < -0.3 is 9.72 Å². The zero-order valence-corrected chi connectivity index (χ0v) is 10.0. The van der Waals surface area contributed by atoms with Gasteiger partial charge in [-0.3, -0.25) is 0 Å². The normalized spacial score (nSPS) is 10.4. The molecule has 2 rings (SSSR count). The molecule has 0 aliphatic heterocycles. The van der Waals surface area contributed by atoms with Gasteiger partial charge in [-0.15, -0.1) is 11.6 Å². The maximum Gasteiger partial charge on any atom is 0.128 e. The highest BCUT2D eigenvalue weighted by Gasteiger charge is 2.08. The average Bonchev–Trinajstić information content (AvgIpc) is 2.77. The van der Waals surface area contributed by atoms with Gasteiger partial charge in [0.25, 0.3) is 0 Å². The number of hydrogen-bond acceptors (Lipinski definition) is 2. The second-order valence-corrected chi connectivity index (χ2v) is 3.85. The maximum atomic E-state index is 5.71. The lowest BCUT2D eigenvalue weighted by atomic mass is 10.1. The number of nitrogens with one attached hydrogen (secondary N) is 1. The van der Waals surface area contributed by atoms with Gasteiger partial charge in [0, 0.05) is 5.56 Å². The van der Waals surface area contributed by atoms with Crippen LogP contribution in [-0.2, 0) is 5.88 Å². The summed E-state index contributed by atoms with van der Waals surface area (Å²) >= 11 is 5.71. The SMILES string of the molecule is COc1ccc(C)cc1-c1cnc(CCl)[nH]1. The first-order chi connectivity index (χ1) is 7.74. The number of nitrogens with zero attached hydrogens (tertiary/aromatic N) is 1. The number of imidazole rings is 1. The number of H-pyrrole nitrogens is 1. The molecule has 4 heteroatoms. The van der Waals surface area contributed by atoms with Crippen molar-refractivity contribution in [2.24, 2.45) is 0 Å². The van der Waals surface area contributed by atoms with Crippen molar-refractivity contribution in [2.75, 3.05) is 7.11 Å². The molecule has 0 bridgehead atoms. The van der Waals surface area contributed by atoms with E-state index in [-0.39, 0.29) is 0 Å². The van der Waals surface area contributed by atoms with Crippen molar-refractivity contribution in [1.29, 1.82) is 0 Å². The van der Waals surface area contributed by atoms with E-state index < -0.39 is 0 Å². The van der Waals surface area contributed by atoms with Crippen molar-refractivity contribution in [2.45, 2.75) is 12.8 Å². The quantitative estimate of drug-likeness (QED) is 0.832. The van der Waals surface area contributed by atoms with Crippen LogP contribution < -0.4 is 4.74 Å². The number of methoxy groups -OCH3 is 1. The average molecular weight is 237 g/mol. The monoisotopic (exact) mass is 236 g/mol. The smallest absolute Gasteiger partial charge is 0.128 e. The number of halogens is 1. The van der Waals surface area contributed by atoms with E-state index >= 15 is 0 Å². The summed E-state index contributed by atoms with van der Waals surface area (Å²) < 4.78 is 5.32. The fraction of sp³-hybridized carbons (Fsp3) is 0.250. The molecule has 0 aliphatic carbocycles. The van der Waals surface area contributed by atoms with Crippen LogP contribution in [0.5, 0.6) is 5.75 Å². The molecule has 0 saturated heterocycles. The second-order valence-electron chi connectivity index (χ2n) is 3.58. The van der Waals surface area contributed by atoms with Crippen molar-refractivity contribution >= 4 is 11.6 Å². The van der Waals surface area contributed by atoms with E-state index in [9.17, 15) is 0 Å². The van der Waals surface area contributed by atoms with Gasteiger partial charge in [-0.05, 0) is 19.1 Å². The third kappa shape index (κ3) is 2.04. The van der Waals surface area contributed by atoms with Crippen molar-refractivity contribution < 1.29 is 4.74 Å². The molecule has 3 nitrogen and oxygen atoms in total. The Balaban J connectivity index is 2.49. The maximum absolute atomic E-state index is 5.71. The molecular formula is C12H13ClN2O. The summed E-state index contributed by atoms with van der Waals surface area (Å²) in [7, 11) is 1.66. The Kier molecular flexibility index (Phi) is 3.15. The van der Waals surface area contributed by atoms with Gasteiger partial charge in [0.05, 0.1) is 24.9 Å². The third-order valence-corrected chi connectivity index (χ3v) is 2.65. The summed E-state index contributed by atoms with van der Waals surface area (Å²) in [5.74, 6) is 1.98. The van der Waals surface area contributed by atoms with Crippen LogP contribution in [0.2, 0.25) is 0 Å². The lowest BCUT2D eigenvalue weighted by Crippen LogP contribution is -1.89. The van der Waals surface area contributed by atoms with Crippen LogP contribution in [0.1, 0.15) is 11.4 Å². The van der Waals surface area contributed by atoms with Gasteiger partial charge in [0.15, 0.2) is 0 Å². The summed E-state index contributed by atoms with van der Waals surface area (Å²) in [6.45, 7) is 2.04. The molecule has 1 N–H and O–H groups in total. The zero-order chi connectivity index (χ0) is 11.5. The van der Waals surface area contributed by atoms with Crippen LogP contribution in [-0.4, -0.2) is 17.1 Å². The molecule has 16 heavy (non-hydrogen) atoms. The predicted molar refractivity (Wildman–Crippen MR) is 64.9 cm³/mol. The number of rotatable bonds is 3. The Hall–Kier alpha value is -1.48. The lowest BCUT2D eigenvalue weighted by Gasteiger charge is -2.07. The minimum absolute atomic E-state index is 0.383. The molecule has 0 atom stereocenters. The number of ether oxygens (including phenoxy) is 1. The molecule has 0 unspecified atom stereocenters. The number of aromatic amines is 1. The van der Waals surface area contributed by atoms with Crippen LogP contribution >= 0.6 is 11.6 Å². The Labute approximate surface area is 99.4 Å². The molecule has 2 aromatic rings. The molecule has 0 saturated carbocycles. The van der Waals surface area contributed by atoms with E-state index in [1.54, 1.807) is 13.3 Å². The molecule has 0 aliphatic rings. The first-order valence-corrected chi connectivity index (χ1v) is 5.53. The van der Waals surface area contributed by atoms with E-state index in [0.29, 0.717) is 5.88 Å². The topological polar surface area (TPSA) is 37.9 Å². The number of hydrogen-bond donors (Lipinski definition) is 1. The summed E-state index contributed by atoms with van der Waals surface area (Å²) in [5.41, 5.74) is 3.11. The summed E-state index contributed by atoms with van der Waals surface area (Å²) in [6, 6.07) is 6.03. The highest BCUT2D eigenvalue weighted by Crippen LogP contribution is 2.29.